The van der Waals surface area contributed by atoms with E-state index in [0.717, 1.165) is 27.8 Å². The molecule has 3 aromatic rings. The van der Waals surface area contributed by atoms with Crippen molar-refractivity contribution in [2.24, 2.45) is 5.73 Å². The van der Waals surface area contributed by atoms with Crippen LogP contribution in [0.25, 0.3) is 11.1 Å². The Morgan fingerprint density at radius 2 is 2.04 bits per heavy atom. The molecular formula is C20H14ClFN2O. The largest absolute Gasteiger partial charge is 0.366 e. The molecule has 1 aliphatic rings. The van der Waals surface area contributed by atoms with Gasteiger partial charge in [-0.15, -0.1) is 0 Å². The van der Waals surface area contributed by atoms with E-state index in [1.165, 1.54) is 6.07 Å². The number of hydrogen-bond donors (Lipinski definition) is 1. The number of carbonyl (C=O) groups is 1. The predicted octanol–water partition coefficient (Wildman–Crippen LogP) is 4.14. The summed E-state index contributed by atoms with van der Waals surface area (Å²) >= 11 is 5.83. The second kappa shape index (κ2) is 5.97. The number of nitrogens with two attached hydrogens (primary N) is 1. The Hall–Kier alpha value is -2.72. The van der Waals surface area contributed by atoms with E-state index in [1.807, 2.05) is 30.3 Å². The number of carbonyl (C=O) groups excluding carboxylic acids is 1. The van der Waals surface area contributed by atoms with Crippen molar-refractivity contribution in [2.45, 2.75) is 12.8 Å². The number of aromatic nitrogens is 1. The number of halogens is 2. The van der Waals surface area contributed by atoms with Crippen LogP contribution in [0.4, 0.5) is 4.39 Å². The van der Waals surface area contributed by atoms with E-state index in [0.29, 0.717) is 23.6 Å². The molecule has 0 saturated heterocycles. The van der Waals surface area contributed by atoms with E-state index in [4.69, 9.17) is 17.3 Å². The average Bonchev–Trinajstić information content (AvgIpc) is 2.98. The van der Waals surface area contributed by atoms with E-state index in [9.17, 15) is 9.18 Å². The van der Waals surface area contributed by atoms with E-state index in [1.54, 1.807) is 12.3 Å². The zero-order valence-corrected chi connectivity index (χ0v) is 14.0. The van der Waals surface area contributed by atoms with Crippen molar-refractivity contribution in [3.8, 4) is 11.1 Å². The number of benzene rings is 2. The minimum absolute atomic E-state index is 0.252. The SMILES string of the molecule is NC(=O)c1cc(F)c(Cc2ccc(Cl)nc2)c2c1Cc1ccccc1-2. The normalized spacial score (nSPS) is 11.9. The van der Waals surface area contributed by atoms with Gasteiger partial charge in [-0.2, -0.15) is 0 Å². The first kappa shape index (κ1) is 15.8. The molecule has 0 aliphatic heterocycles. The third-order valence-electron chi connectivity index (χ3n) is 4.58. The predicted molar refractivity (Wildman–Crippen MR) is 95.2 cm³/mol. The standard InChI is InChI=1S/C20H14ClFN2O/c21-18-6-5-11(10-24-18)7-16-17(22)9-15(20(23)25)14-8-12-3-1-2-4-13(12)19(14)16/h1-6,9-10H,7-8H2,(H2,23,25). The van der Waals surface area contributed by atoms with Gasteiger partial charge in [0.2, 0.25) is 5.91 Å². The van der Waals surface area contributed by atoms with Crippen LogP contribution in [-0.4, -0.2) is 10.9 Å². The number of fused-ring (bicyclic) bond motifs is 3. The molecule has 1 aliphatic carbocycles. The molecule has 1 heterocycles. The van der Waals surface area contributed by atoms with Crippen LogP contribution in [0, 0.1) is 5.82 Å². The average molecular weight is 353 g/mol. The Morgan fingerprint density at radius 1 is 1.24 bits per heavy atom. The quantitative estimate of drug-likeness (QED) is 0.563. The van der Waals surface area contributed by atoms with E-state index < -0.39 is 11.7 Å². The fourth-order valence-corrected chi connectivity index (χ4v) is 3.57. The van der Waals surface area contributed by atoms with Crippen LogP contribution in [0.2, 0.25) is 5.15 Å². The van der Waals surface area contributed by atoms with Crippen molar-refractivity contribution >= 4 is 17.5 Å². The smallest absolute Gasteiger partial charge is 0.249 e. The van der Waals surface area contributed by atoms with Crippen LogP contribution >= 0.6 is 11.6 Å². The number of pyridine rings is 1. The van der Waals surface area contributed by atoms with E-state index in [-0.39, 0.29) is 5.56 Å². The lowest BCUT2D eigenvalue weighted by molar-refractivity contribution is 0.0999. The molecule has 0 atom stereocenters. The Labute approximate surface area is 149 Å². The maximum absolute atomic E-state index is 14.9. The highest BCUT2D eigenvalue weighted by Gasteiger charge is 2.28. The molecule has 1 amide bonds. The van der Waals surface area contributed by atoms with E-state index >= 15 is 0 Å². The van der Waals surface area contributed by atoms with Crippen LogP contribution in [0.15, 0.2) is 48.7 Å². The molecule has 0 saturated carbocycles. The lowest BCUT2D eigenvalue weighted by Crippen LogP contribution is -2.15. The molecule has 0 radical (unpaired) electrons. The van der Waals surface area contributed by atoms with Gasteiger partial charge in [-0.05, 0) is 46.4 Å². The molecule has 5 heteroatoms. The number of nitrogens with zero attached hydrogens (tertiary/aromatic N) is 1. The zero-order chi connectivity index (χ0) is 17.6. The molecule has 2 aromatic carbocycles. The molecule has 0 unspecified atom stereocenters. The van der Waals surface area contributed by atoms with Gasteiger partial charge in [0.15, 0.2) is 0 Å². The van der Waals surface area contributed by atoms with Gasteiger partial charge in [-0.3, -0.25) is 4.79 Å². The van der Waals surface area contributed by atoms with E-state index in [2.05, 4.69) is 4.98 Å². The topological polar surface area (TPSA) is 56.0 Å². The van der Waals surface area contributed by atoms with Crippen LogP contribution in [-0.2, 0) is 12.8 Å². The molecule has 0 fully saturated rings. The lowest BCUT2D eigenvalue weighted by atomic mass is 9.91. The summed E-state index contributed by atoms with van der Waals surface area (Å²) in [6.45, 7) is 0. The highest BCUT2D eigenvalue weighted by Crippen LogP contribution is 2.42. The summed E-state index contributed by atoms with van der Waals surface area (Å²) in [5.41, 5.74) is 10.7. The highest BCUT2D eigenvalue weighted by molar-refractivity contribution is 6.29. The lowest BCUT2D eigenvalue weighted by Gasteiger charge is -2.14. The van der Waals surface area contributed by atoms with Crippen LogP contribution < -0.4 is 5.73 Å². The van der Waals surface area contributed by atoms with Crippen LogP contribution in [0.3, 0.4) is 0 Å². The van der Waals surface area contributed by atoms with Gasteiger partial charge < -0.3 is 5.73 Å². The maximum atomic E-state index is 14.9. The van der Waals surface area contributed by atoms with Gasteiger partial charge in [0.1, 0.15) is 11.0 Å². The van der Waals surface area contributed by atoms with Crippen molar-refractivity contribution in [1.29, 1.82) is 0 Å². The molecule has 0 bridgehead atoms. The summed E-state index contributed by atoms with van der Waals surface area (Å²) in [6, 6.07) is 12.6. The number of rotatable bonds is 3. The zero-order valence-electron chi connectivity index (χ0n) is 13.2. The monoisotopic (exact) mass is 352 g/mol. The molecule has 1 aromatic heterocycles. The summed E-state index contributed by atoms with van der Waals surface area (Å²) in [5.74, 6) is -1.04. The van der Waals surface area contributed by atoms with Gasteiger partial charge in [0.05, 0.1) is 0 Å². The third-order valence-corrected chi connectivity index (χ3v) is 4.80. The minimum Gasteiger partial charge on any atom is -0.366 e. The third kappa shape index (κ3) is 2.68. The molecule has 25 heavy (non-hydrogen) atoms. The van der Waals surface area contributed by atoms with Crippen LogP contribution in [0.1, 0.15) is 32.6 Å². The summed E-state index contributed by atoms with van der Waals surface area (Å²) in [5, 5.41) is 0.392. The first-order valence-corrected chi connectivity index (χ1v) is 8.25. The molecule has 0 spiro atoms. The first-order chi connectivity index (χ1) is 12.0. The van der Waals surface area contributed by atoms with Gasteiger partial charge in [0, 0.05) is 23.7 Å². The van der Waals surface area contributed by atoms with Crippen molar-refractivity contribution < 1.29 is 9.18 Å². The summed E-state index contributed by atoms with van der Waals surface area (Å²) in [4.78, 5) is 15.9. The van der Waals surface area contributed by atoms with Crippen molar-refractivity contribution in [3.63, 3.8) is 0 Å². The Balaban J connectivity index is 1.92. The van der Waals surface area contributed by atoms with Crippen molar-refractivity contribution in [2.75, 3.05) is 0 Å². The molecular weight excluding hydrogens is 339 g/mol. The van der Waals surface area contributed by atoms with Crippen molar-refractivity contribution in [1.82, 2.24) is 4.98 Å². The van der Waals surface area contributed by atoms with Gasteiger partial charge >= 0.3 is 0 Å². The fourth-order valence-electron chi connectivity index (χ4n) is 3.46. The van der Waals surface area contributed by atoms with Gasteiger partial charge in [-0.1, -0.05) is 41.9 Å². The minimum atomic E-state index is -0.609. The molecule has 124 valence electrons. The molecule has 2 N–H and O–H groups in total. The summed E-state index contributed by atoms with van der Waals surface area (Å²) in [6.07, 6.45) is 2.58. The van der Waals surface area contributed by atoms with Gasteiger partial charge in [-0.25, -0.2) is 9.37 Å². The van der Waals surface area contributed by atoms with Gasteiger partial charge in [0.25, 0.3) is 0 Å². The summed E-state index contributed by atoms with van der Waals surface area (Å²) < 4.78 is 14.9. The number of primary amides is 1. The molecule has 3 nitrogen and oxygen atoms in total. The number of hydrogen-bond acceptors (Lipinski definition) is 2. The second-order valence-corrected chi connectivity index (χ2v) is 6.49. The summed E-state index contributed by atoms with van der Waals surface area (Å²) in [7, 11) is 0. The molecule has 4 rings (SSSR count). The second-order valence-electron chi connectivity index (χ2n) is 6.10. The Kier molecular flexibility index (Phi) is 3.77. The van der Waals surface area contributed by atoms with Crippen LogP contribution in [0.5, 0.6) is 0 Å². The fraction of sp³-hybridized carbons (Fsp3) is 0.100. The Bertz CT molecular complexity index is 999. The maximum Gasteiger partial charge on any atom is 0.249 e. The number of amides is 1. The highest BCUT2D eigenvalue weighted by atomic mass is 35.5. The first-order valence-electron chi connectivity index (χ1n) is 7.87. The Morgan fingerprint density at radius 3 is 2.76 bits per heavy atom. The van der Waals surface area contributed by atoms with Crippen molar-refractivity contribution in [3.05, 3.63) is 87.4 Å².